The van der Waals surface area contributed by atoms with Crippen LogP contribution in [0.4, 0.5) is 0 Å². The molecule has 3 rings (SSSR count). The Kier molecular flexibility index (Phi) is 3.60. The molecular weight excluding hydrogens is 256 g/mol. The van der Waals surface area contributed by atoms with Gasteiger partial charge in [-0.05, 0) is 18.3 Å². The zero-order chi connectivity index (χ0) is 13.3. The summed E-state index contributed by atoms with van der Waals surface area (Å²) in [7, 11) is 0. The van der Waals surface area contributed by atoms with Crippen LogP contribution >= 0.6 is 11.3 Å². The minimum absolute atomic E-state index is 0.310. The summed E-state index contributed by atoms with van der Waals surface area (Å²) in [6.45, 7) is 2.37. The van der Waals surface area contributed by atoms with Crippen molar-refractivity contribution in [2.75, 3.05) is 0 Å². The fraction of sp³-hybridized carbons (Fsp3) is 0.643. The molecule has 2 aromatic heterocycles. The van der Waals surface area contributed by atoms with Crippen molar-refractivity contribution in [3.05, 3.63) is 23.5 Å². The van der Waals surface area contributed by atoms with Crippen LogP contribution < -0.4 is 11.3 Å². The average Bonchev–Trinajstić information content (AvgIpc) is 2.97. The Morgan fingerprint density at radius 1 is 1.47 bits per heavy atom. The highest BCUT2D eigenvalue weighted by Gasteiger charge is 2.35. The second-order valence-corrected chi connectivity index (χ2v) is 6.84. The van der Waals surface area contributed by atoms with E-state index in [2.05, 4.69) is 39.5 Å². The van der Waals surface area contributed by atoms with Crippen LogP contribution in [0, 0.1) is 5.41 Å². The molecule has 0 saturated heterocycles. The summed E-state index contributed by atoms with van der Waals surface area (Å²) in [5.74, 6) is 5.82. The summed E-state index contributed by atoms with van der Waals surface area (Å²) in [5.41, 5.74) is 4.50. The fourth-order valence-electron chi connectivity index (χ4n) is 3.30. The molecule has 4 nitrogen and oxygen atoms in total. The SMILES string of the molecule is CC1(C(Cc2cn3ccsc3n2)NN)CCCCC1. The van der Waals surface area contributed by atoms with Gasteiger partial charge in [0.25, 0.3) is 0 Å². The Morgan fingerprint density at radius 3 is 2.95 bits per heavy atom. The number of hydrogen-bond donors (Lipinski definition) is 2. The molecule has 1 unspecified atom stereocenters. The predicted molar refractivity (Wildman–Crippen MR) is 79.1 cm³/mol. The number of thiazole rings is 1. The Bertz CT molecular complexity index is 510. The van der Waals surface area contributed by atoms with Crippen molar-refractivity contribution in [3.63, 3.8) is 0 Å². The predicted octanol–water partition coefficient (Wildman–Crippen LogP) is 2.74. The highest BCUT2D eigenvalue weighted by molar-refractivity contribution is 7.15. The number of nitrogens with one attached hydrogen (secondary N) is 1. The summed E-state index contributed by atoms with van der Waals surface area (Å²) in [5, 5.41) is 2.06. The molecule has 0 aromatic carbocycles. The first-order chi connectivity index (χ1) is 9.21. The molecule has 0 radical (unpaired) electrons. The number of rotatable bonds is 4. The molecule has 0 bridgehead atoms. The van der Waals surface area contributed by atoms with Crippen molar-refractivity contribution >= 4 is 16.3 Å². The molecule has 3 N–H and O–H groups in total. The van der Waals surface area contributed by atoms with E-state index in [1.54, 1.807) is 11.3 Å². The first kappa shape index (κ1) is 13.1. The van der Waals surface area contributed by atoms with Crippen molar-refractivity contribution in [2.24, 2.45) is 11.3 Å². The number of hydrazine groups is 1. The van der Waals surface area contributed by atoms with Crippen molar-refractivity contribution < 1.29 is 0 Å². The van der Waals surface area contributed by atoms with Crippen LogP contribution in [-0.2, 0) is 6.42 Å². The van der Waals surface area contributed by atoms with E-state index in [1.807, 2.05) is 0 Å². The smallest absolute Gasteiger partial charge is 0.193 e. The molecule has 104 valence electrons. The molecule has 5 heteroatoms. The standard InChI is InChI=1S/C14H22N4S/c1-14(5-3-2-4-6-14)12(17-15)9-11-10-18-7-8-19-13(18)16-11/h7-8,10,12,17H,2-6,9,15H2,1H3. The van der Waals surface area contributed by atoms with E-state index >= 15 is 0 Å². The molecule has 0 spiro atoms. The van der Waals surface area contributed by atoms with Gasteiger partial charge in [0.2, 0.25) is 0 Å². The lowest BCUT2D eigenvalue weighted by Crippen LogP contribution is -2.49. The average molecular weight is 278 g/mol. The Morgan fingerprint density at radius 2 is 2.26 bits per heavy atom. The van der Waals surface area contributed by atoms with Gasteiger partial charge in [-0.15, -0.1) is 11.3 Å². The highest BCUT2D eigenvalue weighted by Crippen LogP contribution is 2.39. The maximum atomic E-state index is 5.82. The topological polar surface area (TPSA) is 55.3 Å². The number of imidazole rings is 1. The van der Waals surface area contributed by atoms with Gasteiger partial charge in [0.1, 0.15) is 0 Å². The van der Waals surface area contributed by atoms with Gasteiger partial charge in [-0.3, -0.25) is 15.7 Å². The van der Waals surface area contributed by atoms with Crippen LogP contribution in [0.1, 0.15) is 44.7 Å². The normalized spacial score (nSPS) is 20.7. The summed E-state index contributed by atoms with van der Waals surface area (Å²) in [4.78, 5) is 5.74. The van der Waals surface area contributed by atoms with Crippen LogP contribution in [0.3, 0.4) is 0 Å². The summed E-state index contributed by atoms with van der Waals surface area (Å²) in [6.07, 6.45) is 11.7. The van der Waals surface area contributed by atoms with E-state index in [-0.39, 0.29) is 0 Å². The van der Waals surface area contributed by atoms with Crippen LogP contribution in [0.25, 0.3) is 4.96 Å². The van der Waals surface area contributed by atoms with Crippen LogP contribution in [0.2, 0.25) is 0 Å². The molecule has 0 aliphatic heterocycles. The third-order valence-electron chi connectivity index (χ3n) is 4.59. The number of nitrogens with two attached hydrogens (primary N) is 1. The lowest BCUT2D eigenvalue weighted by atomic mass is 9.69. The van der Waals surface area contributed by atoms with Gasteiger partial charge in [-0.25, -0.2) is 4.98 Å². The fourth-order valence-corrected chi connectivity index (χ4v) is 4.02. The van der Waals surface area contributed by atoms with Crippen LogP contribution in [0.15, 0.2) is 17.8 Å². The maximum Gasteiger partial charge on any atom is 0.193 e. The maximum absolute atomic E-state index is 5.82. The minimum Gasteiger partial charge on any atom is -0.297 e. The molecular formula is C14H22N4S. The van der Waals surface area contributed by atoms with Crippen molar-refractivity contribution in [2.45, 2.75) is 51.5 Å². The summed E-state index contributed by atoms with van der Waals surface area (Å²) < 4.78 is 2.09. The second kappa shape index (κ2) is 5.23. The van der Waals surface area contributed by atoms with Crippen molar-refractivity contribution in [3.8, 4) is 0 Å². The molecule has 1 saturated carbocycles. The van der Waals surface area contributed by atoms with Gasteiger partial charge < -0.3 is 0 Å². The molecule has 1 aliphatic rings. The molecule has 0 amide bonds. The lowest BCUT2D eigenvalue weighted by Gasteiger charge is -2.40. The Hall–Kier alpha value is -0.910. The van der Waals surface area contributed by atoms with Crippen LogP contribution in [-0.4, -0.2) is 15.4 Å². The third kappa shape index (κ3) is 2.55. The zero-order valence-electron chi connectivity index (χ0n) is 11.4. The van der Waals surface area contributed by atoms with Gasteiger partial charge in [0.15, 0.2) is 4.96 Å². The quantitative estimate of drug-likeness (QED) is 0.668. The first-order valence-electron chi connectivity index (χ1n) is 7.08. The van der Waals surface area contributed by atoms with Crippen LogP contribution in [0.5, 0.6) is 0 Å². The van der Waals surface area contributed by atoms with E-state index in [1.165, 1.54) is 32.1 Å². The lowest BCUT2D eigenvalue weighted by molar-refractivity contribution is 0.143. The second-order valence-electron chi connectivity index (χ2n) is 5.96. The monoisotopic (exact) mass is 278 g/mol. The molecule has 1 fully saturated rings. The molecule has 2 aromatic rings. The van der Waals surface area contributed by atoms with Gasteiger partial charge in [-0.1, -0.05) is 26.2 Å². The Balaban J connectivity index is 1.77. The third-order valence-corrected chi connectivity index (χ3v) is 5.37. The largest absolute Gasteiger partial charge is 0.297 e. The minimum atomic E-state index is 0.310. The van der Waals surface area contributed by atoms with Gasteiger partial charge >= 0.3 is 0 Å². The molecule has 19 heavy (non-hydrogen) atoms. The van der Waals surface area contributed by atoms with Crippen molar-refractivity contribution in [1.29, 1.82) is 0 Å². The number of hydrogen-bond acceptors (Lipinski definition) is 4. The van der Waals surface area contributed by atoms with E-state index in [9.17, 15) is 0 Å². The van der Waals surface area contributed by atoms with Gasteiger partial charge in [-0.2, -0.15) is 0 Å². The van der Waals surface area contributed by atoms with Gasteiger partial charge in [0.05, 0.1) is 5.69 Å². The van der Waals surface area contributed by atoms with E-state index in [4.69, 9.17) is 5.84 Å². The van der Waals surface area contributed by atoms with E-state index < -0.39 is 0 Å². The zero-order valence-corrected chi connectivity index (χ0v) is 12.2. The van der Waals surface area contributed by atoms with Gasteiger partial charge in [0, 0.05) is 30.2 Å². The van der Waals surface area contributed by atoms with E-state index in [0.717, 1.165) is 17.1 Å². The van der Waals surface area contributed by atoms with E-state index in [0.29, 0.717) is 11.5 Å². The Labute approximate surface area is 118 Å². The number of nitrogens with zero attached hydrogens (tertiary/aromatic N) is 2. The highest BCUT2D eigenvalue weighted by atomic mass is 32.1. The van der Waals surface area contributed by atoms with Crippen molar-refractivity contribution in [1.82, 2.24) is 14.8 Å². The molecule has 1 aliphatic carbocycles. The molecule has 2 heterocycles. The first-order valence-corrected chi connectivity index (χ1v) is 7.96. The summed E-state index contributed by atoms with van der Waals surface area (Å²) in [6, 6.07) is 0.317. The summed E-state index contributed by atoms with van der Waals surface area (Å²) >= 11 is 1.68. The number of fused-ring (bicyclic) bond motifs is 1. The number of aromatic nitrogens is 2. The molecule has 1 atom stereocenters.